The fraction of sp³-hybridized carbons (Fsp3) is 1.00. The molecule has 0 aliphatic carbocycles. The zero-order valence-corrected chi connectivity index (χ0v) is 9.62. The van der Waals surface area contributed by atoms with Crippen molar-refractivity contribution < 1.29 is 14.6 Å². The van der Waals surface area contributed by atoms with Crippen LogP contribution in [0.15, 0.2) is 0 Å². The van der Waals surface area contributed by atoms with Gasteiger partial charge in [-0.2, -0.15) is 0 Å². The summed E-state index contributed by atoms with van der Waals surface area (Å²) in [4.78, 5) is 0. The molecule has 1 rings (SSSR count). The second-order valence-corrected chi connectivity index (χ2v) is 4.16. The number of hydrogen-bond acceptors (Lipinski definition) is 3. The highest BCUT2D eigenvalue weighted by atomic mass is 16.7. The molecular weight excluding hydrogens is 192 g/mol. The van der Waals surface area contributed by atoms with Crippen molar-refractivity contribution in [3.63, 3.8) is 0 Å². The predicted octanol–water partition coefficient (Wildman–Crippen LogP) is 2.47. The summed E-state index contributed by atoms with van der Waals surface area (Å²) in [6, 6.07) is 0. The lowest BCUT2D eigenvalue weighted by Gasteiger charge is -2.22. The van der Waals surface area contributed by atoms with E-state index in [-0.39, 0.29) is 6.29 Å². The van der Waals surface area contributed by atoms with Gasteiger partial charge in [0.25, 0.3) is 0 Å². The molecule has 0 radical (unpaired) electrons. The van der Waals surface area contributed by atoms with Crippen molar-refractivity contribution in [1.82, 2.24) is 0 Å². The van der Waals surface area contributed by atoms with E-state index in [1.807, 2.05) is 0 Å². The van der Waals surface area contributed by atoms with Gasteiger partial charge in [0.2, 0.25) is 0 Å². The third-order valence-corrected chi connectivity index (χ3v) is 2.74. The third kappa shape index (κ3) is 6.88. The molecule has 3 nitrogen and oxygen atoms in total. The summed E-state index contributed by atoms with van der Waals surface area (Å²) >= 11 is 0. The topological polar surface area (TPSA) is 38.7 Å². The molecule has 1 aliphatic rings. The smallest absolute Gasteiger partial charge is 0.157 e. The van der Waals surface area contributed by atoms with Crippen molar-refractivity contribution >= 4 is 0 Å². The molecule has 1 fully saturated rings. The highest BCUT2D eigenvalue weighted by Crippen LogP contribution is 2.14. The summed E-state index contributed by atoms with van der Waals surface area (Å²) in [6.07, 6.45) is 9.14. The van der Waals surface area contributed by atoms with Crippen LogP contribution in [0.1, 0.15) is 51.4 Å². The van der Waals surface area contributed by atoms with Crippen LogP contribution in [0.2, 0.25) is 0 Å². The van der Waals surface area contributed by atoms with Gasteiger partial charge in [0.15, 0.2) is 6.29 Å². The molecule has 1 aliphatic heterocycles. The third-order valence-electron chi connectivity index (χ3n) is 2.74. The average Bonchev–Trinajstić information content (AvgIpc) is 2.29. The highest BCUT2D eigenvalue weighted by molar-refractivity contribution is 4.54. The van der Waals surface area contributed by atoms with Crippen LogP contribution in [0.4, 0.5) is 0 Å². The monoisotopic (exact) mass is 216 g/mol. The van der Waals surface area contributed by atoms with Crippen molar-refractivity contribution in [1.29, 1.82) is 0 Å². The van der Waals surface area contributed by atoms with Crippen LogP contribution >= 0.6 is 0 Å². The molecule has 3 heteroatoms. The lowest BCUT2D eigenvalue weighted by molar-refractivity contribution is -0.162. The van der Waals surface area contributed by atoms with E-state index in [0.717, 1.165) is 38.9 Å². The van der Waals surface area contributed by atoms with Gasteiger partial charge in [-0.3, -0.25) is 0 Å². The van der Waals surface area contributed by atoms with Gasteiger partial charge in [-0.15, -0.1) is 0 Å². The summed E-state index contributed by atoms with van der Waals surface area (Å²) in [6.45, 7) is 2.01. The zero-order chi connectivity index (χ0) is 10.8. The standard InChI is InChI=1S/C12H24O3/c13-9-5-2-1-3-6-10-14-12-8-4-7-11-15-12/h12-13H,1-11H2/t12-/m1/s1. The Bertz CT molecular complexity index is 133. The van der Waals surface area contributed by atoms with Crippen LogP contribution in [-0.2, 0) is 9.47 Å². The van der Waals surface area contributed by atoms with E-state index in [2.05, 4.69) is 0 Å². The van der Waals surface area contributed by atoms with E-state index < -0.39 is 0 Å². The van der Waals surface area contributed by atoms with E-state index in [9.17, 15) is 0 Å². The molecule has 0 amide bonds. The van der Waals surface area contributed by atoms with E-state index in [1.54, 1.807) is 0 Å². The fourth-order valence-electron chi connectivity index (χ4n) is 1.80. The maximum Gasteiger partial charge on any atom is 0.157 e. The minimum atomic E-state index is 0.0659. The first kappa shape index (κ1) is 12.9. The highest BCUT2D eigenvalue weighted by Gasteiger charge is 2.12. The zero-order valence-electron chi connectivity index (χ0n) is 9.62. The lowest BCUT2D eigenvalue weighted by atomic mass is 10.1. The van der Waals surface area contributed by atoms with E-state index >= 15 is 0 Å². The number of aliphatic hydroxyl groups excluding tert-OH is 1. The van der Waals surface area contributed by atoms with Crippen LogP contribution < -0.4 is 0 Å². The van der Waals surface area contributed by atoms with Gasteiger partial charge in [-0.05, 0) is 32.1 Å². The van der Waals surface area contributed by atoms with Crippen molar-refractivity contribution in [2.75, 3.05) is 19.8 Å². The Balaban J connectivity index is 1.79. The Kier molecular flexibility index (Phi) is 7.88. The van der Waals surface area contributed by atoms with Crippen molar-refractivity contribution in [2.45, 2.75) is 57.7 Å². The Morgan fingerprint density at radius 3 is 2.60 bits per heavy atom. The summed E-state index contributed by atoms with van der Waals surface area (Å²) < 4.78 is 11.1. The first-order valence-corrected chi connectivity index (χ1v) is 6.27. The first-order valence-electron chi connectivity index (χ1n) is 6.27. The number of unbranched alkanes of at least 4 members (excludes halogenated alkanes) is 4. The largest absolute Gasteiger partial charge is 0.396 e. The van der Waals surface area contributed by atoms with Crippen LogP contribution in [0, 0.1) is 0 Å². The molecule has 90 valence electrons. The minimum Gasteiger partial charge on any atom is -0.396 e. The molecule has 0 aromatic rings. The molecule has 1 atom stereocenters. The Hall–Kier alpha value is -0.120. The summed E-state index contributed by atoms with van der Waals surface area (Å²) in [5.41, 5.74) is 0. The molecule has 0 spiro atoms. The molecule has 1 heterocycles. The predicted molar refractivity (Wildman–Crippen MR) is 59.7 cm³/mol. The van der Waals surface area contributed by atoms with Crippen LogP contribution in [-0.4, -0.2) is 31.2 Å². The van der Waals surface area contributed by atoms with Crippen molar-refractivity contribution in [3.8, 4) is 0 Å². The molecule has 0 aromatic heterocycles. The maximum atomic E-state index is 8.60. The van der Waals surface area contributed by atoms with Gasteiger partial charge in [0.1, 0.15) is 0 Å². The van der Waals surface area contributed by atoms with Gasteiger partial charge in [0, 0.05) is 19.8 Å². The van der Waals surface area contributed by atoms with E-state index in [4.69, 9.17) is 14.6 Å². The van der Waals surface area contributed by atoms with E-state index in [1.165, 1.54) is 25.7 Å². The van der Waals surface area contributed by atoms with Gasteiger partial charge >= 0.3 is 0 Å². The summed E-state index contributed by atoms with van der Waals surface area (Å²) in [5, 5.41) is 8.60. The van der Waals surface area contributed by atoms with Crippen LogP contribution in [0.25, 0.3) is 0 Å². The summed E-state index contributed by atoms with van der Waals surface area (Å²) in [7, 11) is 0. The molecule has 0 unspecified atom stereocenters. The SMILES string of the molecule is OCCCCCCCO[C@H]1CCCCO1. The van der Waals surface area contributed by atoms with Gasteiger partial charge in [-0.25, -0.2) is 0 Å². The van der Waals surface area contributed by atoms with E-state index in [0.29, 0.717) is 6.61 Å². The van der Waals surface area contributed by atoms with Gasteiger partial charge < -0.3 is 14.6 Å². The quantitative estimate of drug-likeness (QED) is 0.633. The number of hydrogen-bond donors (Lipinski definition) is 1. The molecule has 1 N–H and O–H groups in total. The molecule has 15 heavy (non-hydrogen) atoms. The molecular formula is C12H24O3. The normalized spacial score (nSPS) is 21.8. The molecule has 0 aromatic carbocycles. The molecule has 1 saturated heterocycles. The second kappa shape index (κ2) is 9.13. The Labute approximate surface area is 92.8 Å². The maximum absolute atomic E-state index is 8.60. The second-order valence-electron chi connectivity index (χ2n) is 4.16. The molecule has 0 saturated carbocycles. The van der Waals surface area contributed by atoms with Crippen LogP contribution in [0.3, 0.4) is 0 Å². The van der Waals surface area contributed by atoms with Crippen LogP contribution in [0.5, 0.6) is 0 Å². The van der Waals surface area contributed by atoms with Gasteiger partial charge in [0.05, 0.1) is 0 Å². The fourth-order valence-corrected chi connectivity index (χ4v) is 1.80. The first-order chi connectivity index (χ1) is 7.43. The minimum absolute atomic E-state index is 0.0659. The number of aliphatic hydroxyl groups is 1. The van der Waals surface area contributed by atoms with Crippen molar-refractivity contribution in [3.05, 3.63) is 0 Å². The summed E-state index contributed by atoms with van der Waals surface area (Å²) in [5.74, 6) is 0. The number of ether oxygens (including phenoxy) is 2. The molecule has 0 bridgehead atoms. The Morgan fingerprint density at radius 2 is 1.87 bits per heavy atom. The van der Waals surface area contributed by atoms with Crippen molar-refractivity contribution in [2.24, 2.45) is 0 Å². The average molecular weight is 216 g/mol. The van der Waals surface area contributed by atoms with Gasteiger partial charge in [-0.1, -0.05) is 19.3 Å². The Morgan fingerprint density at radius 1 is 1.07 bits per heavy atom. The lowest BCUT2D eigenvalue weighted by Crippen LogP contribution is -2.22. The number of rotatable bonds is 8.